The summed E-state index contributed by atoms with van der Waals surface area (Å²) in [5, 5.41) is 11.1. The van der Waals surface area contributed by atoms with Gasteiger partial charge in [-0.1, -0.05) is 6.07 Å². The van der Waals surface area contributed by atoms with E-state index in [1.165, 1.54) is 24.3 Å². The molecule has 22 heavy (non-hydrogen) atoms. The maximum absolute atomic E-state index is 13.7. The number of hydrogen-bond acceptors (Lipinski definition) is 4. The minimum absolute atomic E-state index is 0.102. The van der Waals surface area contributed by atoms with Crippen molar-refractivity contribution in [3.8, 4) is 6.07 Å². The minimum Gasteiger partial charge on any atom is -0.319 e. The number of rotatable bonds is 3. The van der Waals surface area contributed by atoms with Gasteiger partial charge in [0.05, 0.1) is 22.2 Å². The monoisotopic (exact) mass is 318 g/mol. The average Bonchev–Trinajstić information content (AvgIpc) is 2.48. The molecule has 0 aliphatic carbocycles. The van der Waals surface area contributed by atoms with Gasteiger partial charge in [0.1, 0.15) is 5.82 Å². The Kier molecular flexibility index (Phi) is 4.24. The van der Waals surface area contributed by atoms with Gasteiger partial charge >= 0.3 is 0 Å². The minimum atomic E-state index is -3.51. The Morgan fingerprint density at radius 3 is 2.59 bits per heavy atom. The quantitative estimate of drug-likeness (QED) is 0.880. The standard InChI is InChI=1S/C15H11FN2O3S/c1-22(20,21)12-5-6-13(16)14(8-12)18-15(19)11-4-2-3-10(7-11)9-17/h2-8H,1H3,(H,18,19). The number of sulfone groups is 1. The van der Waals surface area contributed by atoms with Crippen LogP contribution in [0.15, 0.2) is 47.4 Å². The molecule has 0 saturated heterocycles. The van der Waals surface area contributed by atoms with Crippen LogP contribution in [0.25, 0.3) is 0 Å². The molecular formula is C15H11FN2O3S. The Labute approximate surface area is 126 Å². The summed E-state index contributed by atoms with van der Waals surface area (Å²) in [5.41, 5.74) is 0.219. The highest BCUT2D eigenvalue weighted by molar-refractivity contribution is 7.90. The van der Waals surface area contributed by atoms with E-state index in [1.807, 2.05) is 6.07 Å². The Bertz CT molecular complexity index is 886. The summed E-state index contributed by atoms with van der Waals surface area (Å²) in [6.07, 6.45) is 0.988. The van der Waals surface area contributed by atoms with E-state index in [-0.39, 0.29) is 21.7 Å². The zero-order valence-corrected chi connectivity index (χ0v) is 12.3. The number of anilines is 1. The molecule has 2 aromatic carbocycles. The SMILES string of the molecule is CS(=O)(=O)c1ccc(F)c(NC(=O)c2cccc(C#N)c2)c1. The van der Waals surface area contributed by atoms with Crippen molar-refractivity contribution >= 4 is 21.4 Å². The van der Waals surface area contributed by atoms with Crippen molar-refractivity contribution in [1.29, 1.82) is 5.26 Å². The van der Waals surface area contributed by atoms with Gasteiger partial charge in [0.15, 0.2) is 9.84 Å². The van der Waals surface area contributed by atoms with Gasteiger partial charge in [-0.2, -0.15) is 5.26 Å². The highest BCUT2D eigenvalue weighted by Gasteiger charge is 2.14. The smallest absolute Gasteiger partial charge is 0.255 e. The predicted octanol–water partition coefficient (Wildman–Crippen LogP) is 2.35. The number of carbonyl (C=O) groups is 1. The van der Waals surface area contributed by atoms with Crippen LogP contribution in [-0.2, 0) is 9.84 Å². The van der Waals surface area contributed by atoms with Gasteiger partial charge in [-0.25, -0.2) is 12.8 Å². The first-order valence-electron chi connectivity index (χ1n) is 6.12. The molecule has 0 aromatic heterocycles. The molecule has 0 unspecified atom stereocenters. The van der Waals surface area contributed by atoms with Crippen molar-refractivity contribution in [1.82, 2.24) is 0 Å². The lowest BCUT2D eigenvalue weighted by molar-refractivity contribution is 0.102. The summed E-state index contributed by atoms with van der Waals surface area (Å²) in [6.45, 7) is 0. The third kappa shape index (κ3) is 3.48. The summed E-state index contributed by atoms with van der Waals surface area (Å²) in [7, 11) is -3.51. The lowest BCUT2D eigenvalue weighted by Gasteiger charge is -2.08. The molecule has 1 amide bonds. The van der Waals surface area contributed by atoms with Crippen molar-refractivity contribution in [2.75, 3.05) is 11.6 Å². The van der Waals surface area contributed by atoms with Gasteiger partial charge in [-0.15, -0.1) is 0 Å². The normalized spacial score (nSPS) is 10.8. The molecule has 5 nitrogen and oxygen atoms in total. The third-order valence-electron chi connectivity index (χ3n) is 2.87. The summed E-state index contributed by atoms with van der Waals surface area (Å²) in [4.78, 5) is 12.0. The van der Waals surface area contributed by atoms with Crippen molar-refractivity contribution < 1.29 is 17.6 Å². The summed E-state index contributed by atoms with van der Waals surface area (Å²) < 4.78 is 36.6. The number of benzene rings is 2. The molecule has 0 bridgehead atoms. The largest absolute Gasteiger partial charge is 0.319 e. The van der Waals surface area contributed by atoms with E-state index >= 15 is 0 Å². The Hall–Kier alpha value is -2.72. The molecule has 2 rings (SSSR count). The van der Waals surface area contributed by atoms with Gasteiger partial charge in [-0.05, 0) is 36.4 Å². The first kappa shape index (κ1) is 15.7. The van der Waals surface area contributed by atoms with Crippen LogP contribution in [-0.4, -0.2) is 20.6 Å². The number of amides is 1. The fourth-order valence-electron chi connectivity index (χ4n) is 1.76. The molecule has 0 aliphatic rings. The van der Waals surface area contributed by atoms with Gasteiger partial charge in [0, 0.05) is 11.8 Å². The molecular weight excluding hydrogens is 307 g/mol. The van der Waals surface area contributed by atoms with Gasteiger partial charge in [0.25, 0.3) is 5.91 Å². The van der Waals surface area contributed by atoms with E-state index in [1.54, 1.807) is 0 Å². The topological polar surface area (TPSA) is 87.0 Å². The average molecular weight is 318 g/mol. The molecule has 0 atom stereocenters. The number of nitriles is 1. The summed E-state index contributed by atoms with van der Waals surface area (Å²) in [6, 6.07) is 10.9. The van der Waals surface area contributed by atoms with Gasteiger partial charge in [0.2, 0.25) is 0 Å². The molecule has 0 saturated carbocycles. The van der Waals surface area contributed by atoms with Gasteiger partial charge < -0.3 is 5.32 Å². The molecule has 1 N–H and O–H groups in total. The second-order valence-electron chi connectivity index (χ2n) is 4.56. The molecule has 0 radical (unpaired) electrons. The highest BCUT2D eigenvalue weighted by atomic mass is 32.2. The fourth-order valence-corrected chi connectivity index (χ4v) is 2.40. The van der Waals surface area contributed by atoms with Crippen LogP contribution in [0.1, 0.15) is 15.9 Å². The molecule has 0 spiro atoms. The number of hydrogen-bond donors (Lipinski definition) is 1. The second kappa shape index (κ2) is 5.95. The Balaban J connectivity index is 2.34. The molecule has 2 aromatic rings. The van der Waals surface area contributed by atoms with Crippen LogP contribution in [0.2, 0.25) is 0 Å². The fraction of sp³-hybridized carbons (Fsp3) is 0.0667. The lowest BCUT2D eigenvalue weighted by Crippen LogP contribution is -2.13. The second-order valence-corrected chi connectivity index (χ2v) is 6.58. The van der Waals surface area contributed by atoms with Crippen LogP contribution in [0.4, 0.5) is 10.1 Å². The number of carbonyl (C=O) groups excluding carboxylic acids is 1. The number of nitrogens with one attached hydrogen (secondary N) is 1. The molecule has 0 heterocycles. The molecule has 7 heteroatoms. The zero-order chi connectivity index (χ0) is 16.3. The predicted molar refractivity (Wildman–Crippen MR) is 78.6 cm³/mol. The molecule has 0 fully saturated rings. The van der Waals surface area contributed by atoms with Crippen LogP contribution < -0.4 is 5.32 Å². The van der Waals surface area contributed by atoms with Gasteiger partial charge in [-0.3, -0.25) is 4.79 Å². The summed E-state index contributed by atoms with van der Waals surface area (Å²) in [5.74, 6) is -1.39. The van der Waals surface area contributed by atoms with Crippen molar-refractivity contribution in [2.24, 2.45) is 0 Å². The maximum Gasteiger partial charge on any atom is 0.255 e. The highest BCUT2D eigenvalue weighted by Crippen LogP contribution is 2.20. The van der Waals surface area contributed by atoms with Crippen LogP contribution >= 0.6 is 0 Å². The first-order valence-corrected chi connectivity index (χ1v) is 8.01. The van der Waals surface area contributed by atoms with Crippen molar-refractivity contribution in [2.45, 2.75) is 4.90 Å². The van der Waals surface area contributed by atoms with Crippen molar-refractivity contribution in [3.63, 3.8) is 0 Å². The van der Waals surface area contributed by atoms with E-state index in [0.717, 1.165) is 24.5 Å². The first-order chi connectivity index (χ1) is 10.3. The molecule has 112 valence electrons. The number of halogens is 1. The van der Waals surface area contributed by atoms with E-state index in [9.17, 15) is 17.6 Å². The van der Waals surface area contributed by atoms with E-state index in [4.69, 9.17) is 5.26 Å². The van der Waals surface area contributed by atoms with Crippen molar-refractivity contribution in [3.05, 3.63) is 59.4 Å². The number of nitrogens with zero attached hydrogens (tertiary/aromatic N) is 1. The van der Waals surface area contributed by atoms with Crippen LogP contribution in [0.5, 0.6) is 0 Å². The maximum atomic E-state index is 13.7. The zero-order valence-electron chi connectivity index (χ0n) is 11.5. The van der Waals surface area contributed by atoms with E-state index < -0.39 is 21.6 Å². The third-order valence-corrected chi connectivity index (χ3v) is 3.98. The summed E-state index contributed by atoms with van der Waals surface area (Å²) >= 11 is 0. The van der Waals surface area contributed by atoms with E-state index in [0.29, 0.717) is 0 Å². The molecule has 0 aliphatic heterocycles. The van der Waals surface area contributed by atoms with Crippen LogP contribution in [0, 0.1) is 17.1 Å². The van der Waals surface area contributed by atoms with E-state index in [2.05, 4.69) is 5.32 Å². The Morgan fingerprint density at radius 1 is 1.23 bits per heavy atom. The Morgan fingerprint density at radius 2 is 1.95 bits per heavy atom. The van der Waals surface area contributed by atoms with Crippen LogP contribution in [0.3, 0.4) is 0 Å². The lowest BCUT2D eigenvalue weighted by atomic mass is 10.1.